The number of carboxylic acids is 1. The number of rotatable bonds is 6. The van der Waals surface area contributed by atoms with Crippen LogP contribution in [0.25, 0.3) is 0 Å². The maximum Gasteiger partial charge on any atom is 0.326 e. The van der Waals surface area contributed by atoms with Gasteiger partial charge in [0.2, 0.25) is 5.91 Å². The molecule has 0 aromatic rings. The second-order valence-electron chi connectivity index (χ2n) is 3.05. The highest BCUT2D eigenvalue weighted by molar-refractivity contribution is 5.84. The molecular formula is C8H16N2O4. The number of amides is 1. The van der Waals surface area contributed by atoms with Crippen LogP contribution < -0.4 is 11.1 Å². The van der Waals surface area contributed by atoms with Crippen molar-refractivity contribution in [3.63, 3.8) is 0 Å². The zero-order chi connectivity index (χ0) is 11.1. The highest BCUT2D eigenvalue weighted by Crippen LogP contribution is 1.96. The predicted molar refractivity (Wildman–Crippen MR) is 49.5 cm³/mol. The molecule has 0 spiro atoms. The Kier molecular flexibility index (Phi) is 5.82. The minimum absolute atomic E-state index is 0.00162. The van der Waals surface area contributed by atoms with Crippen LogP contribution in [0, 0.1) is 5.92 Å². The van der Waals surface area contributed by atoms with Crippen molar-refractivity contribution in [2.75, 3.05) is 13.2 Å². The SMILES string of the molecule is CC(CN)C(=O)NC(CCO)C(=O)O. The summed E-state index contributed by atoms with van der Waals surface area (Å²) in [5.74, 6) is -1.99. The molecule has 82 valence electrons. The molecule has 0 saturated carbocycles. The maximum atomic E-state index is 11.2. The van der Waals surface area contributed by atoms with Gasteiger partial charge < -0.3 is 21.3 Å². The summed E-state index contributed by atoms with van der Waals surface area (Å²) < 4.78 is 0. The molecular weight excluding hydrogens is 188 g/mol. The first kappa shape index (κ1) is 12.9. The zero-order valence-corrected chi connectivity index (χ0v) is 8.06. The molecule has 0 aliphatic rings. The third-order valence-electron chi connectivity index (χ3n) is 1.83. The number of aliphatic carboxylic acids is 1. The number of hydrogen-bond donors (Lipinski definition) is 4. The number of carbonyl (C=O) groups is 2. The quantitative estimate of drug-likeness (QED) is 0.422. The average Bonchev–Trinajstić information content (AvgIpc) is 2.15. The van der Waals surface area contributed by atoms with E-state index in [9.17, 15) is 9.59 Å². The second kappa shape index (κ2) is 6.33. The van der Waals surface area contributed by atoms with E-state index < -0.39 is 23.8 Å². The van der Waals surface area contributed by atoms with Gasteiger partial charge in [0.1, 0.15) is 6.04 Å². The molecule has 2 unspecified atom stereocenters. The lowest BCUT2D eigenvalue weighted by Crippen LogP contribution is -2.44. The van der Waals surface area contributed by atoms with Crippen molar-refractivity contribution < 1.29 is 19.8 Å². The third kappa shape index (κ3) is 4.20. The van der Waals surface area contributed by atoms with E-state index in [1.165, 1.54) is 0 Å². The standard InChI is InChI=1S/C8H16N2O4/c1-5(4-9)7(12)10-6(2-3-11)8(13)14/h5-6,11H,2-4,9H2,1H3,(H,10,12)(H,13,14). The van der Waals surface area contributed by atoms with Crippen LogP contribution in [0.3, 0.4) is 0 Å². The van der Waals surface area contributed by atoms with Crippen LogP contribution in [0.4, 0.5) is 0 Å². The molecule has 6 heteroatoms. The lowest BCUT2D eigenvalue weighted by Gasteiger charge is -2.15. The zero-order valence-electron chi connectivity index (χ0n) is 8.06. The van der Waals surface area contributed by atoms with E-state index in [1.807, 2.05) is 0 Å². The molecule has 6 nitrogen and oxygen atoms in total. The summed E-state index contributed by atoms with van der Waals surface area (Å²) in [4.78, 5) is 21.8. The maximum absolute atomic E-state index is 11.2. The first-order chi connectivity index (χ1) is 6.52. The molecule has 5 N–H and O–H groups in total. The van der Waals surface area contributed by atoms with Crippen molar-refractivity contribution >= 4 is 11.9 Å². The van der Waals surface area contributed by atoms with Crippen molar-refractivity contribution in [2.45, 2.75) is 19.4 Å². The summed E-state index contributed by atoms with van der Waals surface area (Å²) in [5.41, 5.74) is 5.24. The van der Waals surface area contributed by atoms with Crippen LogP contribution in [0.15, 0.2) is 0 Å². The fraction of sp³-hybridized carbons (Fsp3) is 0.750. The molecule has 0 aromatic heterocycles. The average molecular weight is 204 g/mol. The first-order valence-electron chi connectivity index (χ1n) is 4.37. The Hall–Kier alpha value is -1.14. The summed E-state index contributed by atoms with van der Waals surface area (Å²) >= 11 is 0. The van der Waals surface area contributed by atoms with E-state index in [2.05, 4.69) is 5.32 Å². The van der Waals surface area contributed by atoms with Crippen molar-refractivity contribution in [1.29, 1.82) is 0 Å². The summed E-state index contributed by atoms with van der Waals surface area (Å²) in [5, 5.41) is 19.5. The normalized spacial score (nSPS) is 14.5. The Morgan fingerprint density at radius 1 is 1.50 bits per heavy atom. The second-order valence-corrected chi connectivity index (χ2v) is 3.05. The Morgan fingerprint density at radius 2 is 2.07 bits per heavy atom. The van der Waals surface area contributed by atoms with Gasteiger partial charge in [0, 0.05) is 25.5 Å². The Bertz CT molecular complexity index is 208. The highest BCUT2D eigenvalue weighted by Gasteiger charge is 2.21. The fourth-order valence-electron chi connectivity index (χ4n) is 0.807. The first-order valence-corrected chi connectivity index (χ1v) is 4.37. The van der Waals surface area contributed by atoms with Gasteiger partial charge in [0.05, 0.1) is 0 Å². The van der Waals surface area contributed by atoms with Crippen LogP contribution in [0.1, 0.15) is 13.3 Å². The molecule has 0 saturated heterocycles. The third-order valence-corrected chi connectivity index (χ3v) is 1.83. The van der Waals surface area contributed by atoms with Crippen LogP contribution >= 0.6 is 0 Å². The van der Waals surface area contributed by atoms with E-state index in [0.717, 1.165) is 0 Å². The number of hydrogen-bond acceptors (Lipinski definition) is 4. The number of nitrogens with two attached hydrogens (primary N) is 1. The summed E-state index contributed by atoms with van der Waals surface area (Å²) in [7, 11) is 0. The number of carbonyl (C=O) groups excluding carboxylic acids is 1. The minimum Gasteiger partial charge on any atom is -0.480 e. The van der Waals surface area contributed by atoms with E-state index in [-0.39, 0.29) is 19.6 Å². The van der Waals surface area contributed by atoms with Crippen molar-refractivity contribution in [1.82, 2.24) is 5.32 Å². The molecule has 0 aliphatic heterocycles. The Labute approximate surface area is 82.1 Å². The van der Waals surface area contributed by atoms with Gasteiger partial charge in [-0.05, 0) is 0 Å². The van der Waals surface area contributed by atoms with Gasteiger partial charge in [0.25, 0.3) is 0 Å². The Balaban J connectivity index is 4.15. The van der Waals surface area contributed by atoms with Gasteiger partial charge in [-0.3, -0.25) is 4.79 Å². The molecule has 0 heterocycles. The monoisotopic (exact) mass is 204 g/mol. The summed E-state index contributed by atoms with van der Waals surface area (Å²) in [6.45, 7) is 1.48. The Morgan fingerprint density at radius 3 is 2.43 bits per heavy atom. The molecule has 0 aliphatic carbocycles. The molecule has 14 heavy (non-hydrogen) atoms. The highest BCUT2D eigenvalue weighted by atomic mass is 16.4. The van der Waals surface area contributed by atoms with E-state index >= 15 is 0 Å². The number of aliphatic hydroxyl groups excluding tert-OH is 1. The van der Waals surface area contributed by atoms with Gasteiger partial charge in [-0.15, -0.1) is 0 Å². The van der Waals surface area contributed by atoms with Crippen LogP contribution in [-0.4, -0.2) is 41.3 Å². The number of nitrogens with one attached hydrogen (secondary N) is 1. The van der Waals surface area contributed by atoms with Gasteiger partial charge in [-0.2, -0.15) is 0 Å². The van der Waals surface area contributed by atoms with E-state index in [4.69, 9.17) is 15.9 Å². The molecule has 1 amide bonds. The van der Waals surface area contributed by atoms with E-state index in [1.54, 1.807) is 6.92 Å². The predicted octanol–water partition coefficient (Wildman–Crippen LogP) is -1.47. The van der Waals surface area contributed by atoms with Crippen LogP contribution in [0.2, 0.25) is 0 Å². The van der Waals surface area contributed by atoms with Crippen molar-refractivity contribution in [2.24, 2.45) is 11.7 Å². The molecule has 0 radical (unpaired) electrons. The lowest BCUT2D eigenvalue weighted by molar-refractivity contribution is -0.142. The van der Waals surface area contributed by atoms with E-state index in [0.29, 0.717) is 0 Å². The van der Waals surface area contributed by atoms with Gasteiger partial charge in [-0.25, -0.2) is 4.79 Å². The molecule has 0 rings (SSSR count). The molecule has 2 atom stereocenters. The fourth-order valence-corrected chi connectivity index (χ4v) is 0.807. The summed E-state index contributed by atoms with van der Waals surface area (Å²) in [6, 6.07) is -1.04. The van der Waals surface area contributed by atoms with Crippen LogP contribution in [-0.2, 0) is 9.59 Å². The molecule has 0 bridgehead atoms. The minimum atomic E-state index is -1.16. The van der Waals surface area contributed by atoms with Gasteiger partial charge in [-0.1, -0.05) is 6.92 Å². The largest absolute Gasteiger partial charge is 0.480 e. The van der Waals surface area contributed by atoms with Crippen molar-refractivity contribution in [3.8, 4) is 0 Å². The van der Waals surface area contributed by atoms with Gasteiger partial charge >= 0.3 is 5.97 Å². The topological polar surface area (TPSA) is 113 Å². The molecule has 0 aromatic carbocycles. The lowest BCUT2D eigenvalue weighted by atomic mass is 10.1. The van der Waals surface area contributed by atoms with Gasteiger partial charge in [0.15, 0.2) is 0 Å². The number of aliphatic hydroxyl groups is 1. The number of carboxylic acid groups (broad SMARTS) is 1. The van der Waals surface area contributed by atoms with Crippen molar-refractivity contribution in [3.05, 3.63) is 0 Å². The smallest absolute Gasteiger partial charge is 0.326 e. The summed E-state index contributed by atoms with van der Waals surface area (Å²) in [6.07, 6.45) is -0.00162. The molecule has 0 fully saturated rings. The van der Waals surface area contributed by atoms with Crippen LogP contribution in [0.5, 0.6) is 0 Å².